The van der Waals surface area contributed by atoms with Crippen molar-refractivity contribution in [2.45, 2.75) is 5.75 Å². The lowest BCUT2D eigenvalue weighted by Crippen LogP contribution is -2.25. The Morgan fingerprint density at radius 3 is 2.75 bits per heavy atom. The number of amides is 1. The highest BCUT2D eigenvalue weighted by Crippen LogP contribution is 2.15. The Bertz CT molecular complexity index is 383. The molecule has 0 bridgehead atoms. The van der Waals surface area contributed by atoms with Crippen LogP contribution in [0.1, 0.15) is 5.56 Å². The van der Waals surface area contributed by atoms with Gasteiger partial charge in [0.2, 0.25) is 5.91 Å². The number of benzene rings is 1. The lowest BCUT2D eigenvalue weighted by molar-refractivity contribution is -0.118. The molecule has 1 N–H and O–H groups in total. The Hall–Kier alpha value is -1.11. The smallest absolute Gasteiger partial charge is 0.230 e. The van der Waals surface area contributed by atoms with E-state index in [9.17, 15) is 4.79 Å². The van der Waals surface area contributed by atoms with Gasteiger partial charge in [-0.05, 0) is 17.7 Å². The van der Waals surface area contributed by atoms with Gasteiger partial charge in [0, 0.05) is 10.8 Å². The van der Waals surface area contributed by atoms with Crippen LogP contribution in [-0.2, 0) is 10.5 Å². The van der Waals surface area contributed by atoms with Crippen molar-refractivity contribution in [2.75, 3.05) is 12.3 Å². The molecule has 0 heterocycles. The number of thioether (sulfide) groups is 1. The first-order chi connectivity index (χ1) is 7.72. The van der Waals surface area contributed by atoms with Crippen LogP contribution in [-0.4, -0.2) is 18.2 Å². The average molecular weight is 254 g/mol. The fourth-order valence-electron chi connectivity index (χ4n) is 1.04. The summed E-state index contributed by atoms with van der Waals surface area (Å²) in [4.78, 5) is 11.2. The monoisotopic (exact) mass is 253 g/mol. The van der Waals surface area contributed by atoms with Crippen molar-refractivity contribution in [3.8, 4) is 12.3 Å². The molecule has 0 aliphatic carbocycles. The summed E-state index contributed by atoms with van der Waals surface area (Å²) in [5, 5.41) is 3.33. The first-order valence-electron chi connectivity index (χ1n) is 4.74. The molecular weight excluding hydrogens is 242 g/mol. The molecular formula is C12H12ClNOS. The van der Waals surface area contributed by atoms with Gasteiger partial charge in [-0.3, -0.25) is 4.79 Å². The summed E-state index contributed by atoms with van der Waals surface area (Å²) in [5.74, 6) is 3.54. The minimum atomic E-state index is -0.0306. The first-order valence-corrected chi connectivity index (χ1v) is 6.28. The molecule has 4 heteroatoms. The summed E-state index contributed by atoms with van der Waals surface area (Å²) in [6, 6.07) is 7.59. The Morgan fingerprint density at radius 1 is 1.44 bits per heavy atom. The number of rotatable bonds is 5. The van der Waals surface area contributed by atoms with E-state index in [1.807, 2.05) is 24.3 Å². The summed E-state index contributed by atoms with van der Waals surface area (Å²) in [7, 11) is 0. The van der Waals surface area contributed by atoms with Crippen LogP contribution in [0.5, 0.6) is 0 Å². The third kappa shape index (κ3) is 5.11. The van der Waals surface area contributed by atoms with Crippen LogP contribution in [0.3, 0.4) is 0 Å². The molecule has 0 radical (unpaired) electrons. The molecule has 2 nitrogen and oxygen atoms in total. The maximum absolute atomic E-state index is 11.2. The van der Waals surface area contributed by atoms with E-state index in [0.29, 0.717) is 12.3 Å². The third-order valence-corrected chi connectivity index (χ3v) is 3.06. The second-order valence-electron chi connectivity index (χ2n) is 3.10. The van der Waals surface area contributed by atoms with Crippen LogP contribution < -0.4 is 5.32 Å². The van der Waals surface area contributed by atoms with Crippen molar-refractivity contribution in [3.63, 3.8) is 0 Å². The molecule has 0 spiro atoms. The molecule has 0 aliphatic heterocycles. The highest BCUT2D eigenvalue weighted by molar-refractivity contribution is 7.99. The van der Waals surface area contributed by atoms with Gasteiger partial charge in [0.25, 0.3) is 0 Å². The molecule has 84 valence electrons. The van der Waals surface area contributed by atoms with Crippen LogP contribution >= 0.6 is 23.4 Å². The summed E-state index contributed by atoms with van der Waals surface area (Å²) in [5.41, 5.74) is 1.15. The fourth-order valence-corrected chi connectivity index (χ4v) is 1.99. The predicted molar refractivity (Wildman–Crippen MR) is 69.5 cm³/mol. The number of halogens is 1. The van der Waals surface area contributed by atoms with Gasteiger partial charge in [0.05, 0.1) is 12.3 Å². The largest absolute Gasteiger partial charge is 0.344 e. The first kappa shape index (κ1) is 13.0. The van der Waals surface area contributed by atoms with Gasteiger partial charge in [-0.2, -0.15) is 0 Å². The molecule has 0 saturated carbocycles. The molecule has 0 atom stereocenters. The lowest BCUT2D eigenvalue weighted by atomic mass is 10.2. The highest BCUT2D eigenvalue weighted by Gasteiger charge is 2.00. The minimum absolute atomic E-state index is 0.0306. The number of carbonyl (C=O) groups is 1. The molecule has 0 fully saturated rings. The number of carbonyl (C=O) groups excluding carboxylic acids is 1. The van der Waals surface area contributed by atoms with Gasteiger partial charge < -0.3 is 5.32 Å². The zero-order valence-corrected chi connectivity index (χ0v) is 10.3. The molecule has 1 amide bonds. The second kappa shape index (κ2) is 7.21. The van der Waals surface area contributed by atoms with Gasteiger partial charge in [-0.15, -0.1) is 18.2 Å². The minimum Gasteiger partial charge on any atom is -0.344 e. The molecule has 1 rings (SSSR count). The van der Waals surface area contributed by atoms with Crippen molar-refractivity contribution in [2.24, 2.45) is 0 Å². The van der Waals surface area contributed by atoms with Gasteiger partial charge in [-0.1, -0.05) is 29.7 Å². The van der Waals surface area contributed by atoms with Crippen LogP contribution in [0.2, 0.25) is 5.02 Å². The zero-order valence-electron chi connectivity index (χ0n) is 8.70. The van der Waals surface area contributed by atoms with Crippen molar-refractivity contribution < 1.29 is 4.79 Å². The van der Waals surface area contributed by atoms with Crippen molar-refractivity contribution in [3.05, 3.63) is 34.9 Å². The quantitative estimate of drug-likeness (QED) is 0.816. The summed E-state index contributed by atoms with van der Waals surface area (Å²) < 4.78 is 0. The lowest BCUT2D eigenvalue weighted by Gasteiger charge is -2.02. The van der Waals surface area contributed by atoms with E-state index in [-0.39, 0.29) is 5.91 Å². The molecule has 1 aromatic carbocycles. The van der Waals surface area contributed by atoms with Crippen LogP contribution in [0.15, 0.2) is 24.3 Å². The van der Waals surface area contributed by atoms with Crippen molar-refractivity contribution in [1.82, 2.24) is 5.32 Å². The van der Waals surface area contributed by atoms with Gasteiger partial charge in [0.15, 0.2) is 0 Å². The Balaban J connectivity index is 2.23. The summed E-state index contributed by atoms with van der Waals surface area (Å²) >= 11 is 7.31. The molecule has 16 heavy (non-hydrogen) atoms. The van der Waals surface area contributed by atoms with Crippen LogP contribution in [0.25, 0.3) is 0 Å². The SMILES string of the molecule is C#CCNC(=O)CSCc1ccc(Cl)cc1. The van der Waals surface area contributed by atoms with Crippen LogP contribution in [0, 0.1) is 12.3 Å². The Labute approximate surface area is 105 Å². The van der Waals surface area contributed by atoms with E-state index in [1.165, 1.54) is 0 Å². The fraction of sp³-hybridized carbons (Fsp3) is 0.250. The predicted octanol–water partition coefficient (Wildman–Crippen LogP) is 2.32. The van der Waals surface area contributed by atoms with Crippen molar-refractivity contribution >= 4 is 29.3 Å². The van der Waals surface area contributed by atoms with E-state index in [1.54, 1.807) is 11.8 Å². The summed E-state index contributed by atoms with van der Waals surface area (Å²) in [6.45, 7) is 0.292. The molecule has 0 saturated heterocycles. The van der Waals surface area contributed by atoms with Gasteiger partial charge in [-0.25, -0.2) is 0 Å². The zero-order chi connectivity index (χ0) is 11.8. The summed E-state index contributed by atoms with van der Waals surface area (Å²) in [6.07, 6.45) is 5.03. The topological polar surface area (TPSA) is 29.1 Å². The standard InChI is InChI=1S/C12H12ClNOS/c1-2-7-14-12(15)9-16-8-10-3-5-11(13)6-4-10/h1,3-6H,7-9H2,(H,14,15). The van der Waals surface area contributed by atoms with E-state index in [4.69, 9.17) is 18.0 Å². The van der Waals surface area contributed by atoms with E-state index in [2.05, 4.69) is 11.2 Å². The second-order valence-corrected chi connectivity index (χ2v) is 4.52. The van der Waals surface area contributed by atoms with Gasteiger partial charge >= 0.3 is 0 Å². The van der Waals surface area contributed by atoms with Gasteiger partial charge in [0.1, 0.15) is 0 Å². The van der Waals surface area contributed by atoms with E-state index >= 15 is 0 Å². The molecule has 1 aromatic rings. The highest BCUT2D eigenvalue weighted by atomic mass is 35.5. The number of hydrogen-bond acceptors (Lipinski definition) is 2. The number of hydrogen-bond donors (Lipinski definition) is 1. The van der Waals surface area contributed by atoms with Crippen LogP contribution in [0.4, 0.5) is 0 Å². The normalized spacial score (nSPS) is 9.50. The average Bonchev–Trinajstić information content (AvgIpc) is 2.29. The Kier molecular flexibility index (Phi) is 5.84. The van der Waals surface area contributed by atoms with E-state index in [0.717, 1.165) is 16.3 Å². The molecule has 0 aliphatic rings. The van der Waals surface area contributed by atoms with E-state index < -0.39 is 0 Å². The maximum atomic E-state index is 11.2. The van der Waals surface area contributed by atoms with Crippen molar-refractivity contribution in [1.29, 1.82) is 0 Å². The number of terminal acetylenes is 1. The third-order valence-electron chi connectivity index (χ3n) is 1.80. The Morgan fingerprint density at radius 2 is 2.12 bits per heavy atom. The molecule has 0 unspecified atom stereocenters. The molecule has 0 aromatic heterocycles. The number of nitrogens with one attached hydrogen (secondary N) is 1. The maximum Gasteiger partial charge on any atom is 0.230 e.